The average Bonchev–Trinajstić information content (AvgIpc) is 3.82. The molecule has 0 saturated heterocycles. The van der Waals surface area contributed by atoms with E-state index in [1.807, 2.05) is 0 Å². The molecule has 1 aromatic heterocycles. The van der Waals surface area contributed by atoms with Gasteiger partial charge in [-0.25, -0.2) is 0 Å². The standard InChI is InChI=1S/C49H31NO/c1-4-16-32(17-5-1)33-28-29-44-39(30-33)47-45(51-44)31-43-46(48(47)50(34-18-6-2-7-19-34)35-20-8-3-9-21-35)38-24-12-15-27-42(38)49(43)40-25-13-10-22-36(40)37-23-11-14-26-41(37)49/h1-31H. The highest BCUT2D eigenvalue weighted by atomic mass is 16.3. The summed E-state index contributed by atoms with van der Waals surface area (Å²) in [5.41, 5.74) is 17.2. The number of benzene rings is 8. The van der Waals surface area contributed by atoms with E-state index in [2.05, 4.69) is 193 Å². The molecule has 1 spiro atoms. The van der Waals surface area contributed by atoms with E-state index >= 15 is 0 Å². The SMILES string of the molecule is c1ccc(-c2ccc3oc4cc5c(c(N(c6ccccc6)c6ccccc6)c4c3c2)-c2ccccc2C52c3ccccc3-c3ccccc32)cc1. The molecule has 2 aliphatic rings. The van der Waals surface area contributed by atoms with Crippen LogP contribution in [0.4, 0.5) is 17.1 Å². The molecule has 2 aliphatic carbocycles. The highest BCUT2D eigenvalue weighted by Crippen LogP contribution is 2.66. The van der Waals surface area contributed by atoms with Gasteiger partial charge in [0.1, 0.15) is 11.2 Å². The number of hydrogen-bond donors (Lipinski definition) is 0. The topological polar surface area (TPSA) is 16.4 Å². The van der Waals surface area contributed by atoms with Crippen LogP contribution >= 0.6 is 0 Å². The Kier molecular flexibility index (Phi) is 5.91. The molecule has 0 amide bonds. The van der Waals surface area contributed by atoms with Crippen LogP contribution < -0.4 is 4.90 Å². The summed E-state index contributed by atoms with van der Waals surface area (Å²) >= 11 is 0. The zero-order chi connectivity index (χ0) is 33.5. The average molecular weight is 650 g/mol. The molecule has 2 heteroatoms. The van der Waals surface area contributed by atoms with Crippen molar-refractivity contribution in [3.63, 3.8) is 0 Å². The summed E-state index contributed by atoms with van der Waals surface area (Å²) in [6.07, 6.45) is 0. The van der Waals surface area contributed by atoms with Gasteiger partial charge in [0.15, 0.2) is 0 Å². The van der Waals surface area contributed by atoms with Crippen molar-refractivity contribution in [2.24, 2.45) is 0 Å². The van der Waals surface area contributed by atoms with Gasteiger partial charge in [-0.3, -0.25) is 0 Å². The minimum atomic E-state index is -0.505. The third-order valence-electron chi connectivity index (χ3n) is 11.0. The molecule has 2 nitrogen and oxygen atoms in total. The van der Waals surface area contributed by atoms with E-state index in [4.69, 9.17) is 4.42 Å². The molecule has 0 fully saturated rings. The zero-order valence-corrected chi connectivity index (χ0v) is 27.8. The van der Waals surface area contributed by atoms with Crippen molar-refractivity contribution >= 4 is 39.0 Å². The molecule has 51 heavy (non-hydrogen) atoms. The van der Waals surface area contributed by atoms with E-state index in [1.165, 1.54) is 55.6 Å². The van der Waals surface area contributed by atoms with Gasteiger partial charge in [-0.2, -0.15) is 0 Å². The predicted molar refractivity (Wildman–Crippen MR) is 210 cm³/mol. The summed E-state index contributed by atoms with van der Waals surface area (Å²) in [5.74, 6) is 0. The lowest BCUT2D eigenvalue weighted by atomic mass is 9.70. The van der Waals surface area contributed by atoms with Gasteiger partial charge in [0, 0.05) is 22.3 Å². The molecule has 0 unspecified atom stereocenters. The van der Waals surface area contributed by atoms with Crippen molar-refractivity contribution in [2.75, 3.05) is 4.90 Å². The Bertz CT molecular complexity index is 2710. The van der Waals surface area contributed by atoms with Gasteiger partial charge in [0.05, 0.1) is 16.5 Å². The Morgan fingerprint density at radius 1 is 0.392 bits per heavy atom. The third-order valence-corrected chi connectivity index (χ3v) is 11.0. The highest BCUT2D eigenvalue weighted by Gasteiger charge is 2.53. The fourth-order valence-electron chi connectivity index (χ4n) is 9.07. The summed E-state index contributed by atoms with van der Waals surface area (Å²) in [5, 5.41) is 2.22. The highest BCUT2D eigenvalue weighted by molar-refractivity contribution is 6.20. The summed E-state index contributed by atoms with van der Waals surface area (Å²) in [7, 11) is 0. The van der Waals surface area contributed by atoms with E-state index in [9.17, 15) is 0 Å². The molecule has 0 saturated carbocycles. The molecule has 238 valence electrons. The molecule has 9 aromatic rings. The summed E-state index contributed by atoms with van der Waals surface area (Å²) in [6, 6.07) is 68.2. The molecule has 1 heterocycles. The van der Waals surface area contributed by atoms with E-state index in [1.54, 1.807) is 0 Å². The second kappa shape index (κ2) is 10.7. The lowest BCUT2D eigenvalue weighted by Crippen LogP contribution is -2.26. The van der Waals surface area contributed by atoms with E-state index in [-0.39, 0.29) is 0 Å². The van der Waals surface area contributed by atoms with Gasteiger partial charge in [-0.15, -0.1) is 0 Å². The first-order chi connectivity index (χ1) is 25.3. The van der Waals surface area contributed by atoms with Crippen LogP contribution in [-0.2, 0) is 5.41 Å². The molecule has 0 radical (unpaired) electrons. The van der Waals surface area contributed by atoms with Gasteiger partial charge in [0.2, 0.25) is 0 Å². The fourth-order valence-corrected chi connectivity index (χ4v) is 9.07. The Labute approximate surface area is 296 Å². The van der Waals surface area contributed by atoms with Crippen LogP contribution in [0.2, 0.25) is 0 Å². The number of anilines is 3. The lowest BCUT2D eigenvalue weighted by Gasteiger charge is -2.32. The number of para-hydroxylation sites is 2. The number of fused-ring (bicyclic) bond motifs is 13. The summed E-state index contributed by atoms with van der Waals surface area (Å²) in [6.45, 7) is 0. The summed E-state index contributed by atoms with van der Waals surface area (Å²) < 4.78 is 6.98. The van der Waals surface area contributed by atoms with Crippen LogP contribution in [0.15, 0.2) is 192 Å². The monoisotopic (exact) mass is 649 g/mol. The smallest absolute Gasteiger partial charge is 0.137 e. The van der Waals surface area contributed by atoms with Crippen LogP contribution in [0.25, 0.3) is 55.3 Å². The molecule has 0 atom stereocenters. The third kappa shape index (κ3) is 3.82. The first-order valence-electron chi connectivity index (χ1n) is 17.6. The predicted octanol–water partition coefficient (Wildman–Crippen LogP) is 13.1. The molecule has 0 bridgehead atoms. The first kappa shape index (κ1) is 28.2. The lowest BCUT2D eigenvalue weighted by molar-refractivity contribution is 0.666. The molecular formula is C49H31NO. The Hall–Kier alpha value is -6.64. The molecule has 0 aliphatic heterocycles. The van der Waals surface area contributed by atoms with Crippen LogP contribution in [0, 0.1) is 0 Å². The van der Waals surface area contributed by atoms with Crippen LogP contribution in [0.3, 0.4) is 0 Å². The van der Waals surface area contributed by atoms with Crippen LogP contribution in [-0.4, -0.2) is 0 Å². The zero-order valence-electron chi connectivity index (χ0n) is 27.8. The quantitative estimate of drug-likeness (QED) is 0.189. The van der Waals surface area contributed by atoms with Crippen LogP contribution in [0.1, 0.15) is 22.3 Å². The first-order valence-corrected chi connectivity index (χ1v) is 17.6. The second-order valence-electron chi connectivity index (χ2n) is 13.6. The minimum absolute atomic E-state index is 0.505. The van der Waals surface area contributed by atoms with Gasteiger partial charge in [0.25, 0.3) is 0 Å². The van der Waals surface area contributed by atoms with E-state index in [0.717, 1.165) is 39.0 Å². The van der Waals surface area contributed by atoms with E-state index < -0.39 is 5.41 Å². The largest absolute Gasteiger partial charge is 0.456 e. The molecule has 0 N–H and O–H groups in total. The van der Waals surface area contributed by atoms with Gasteiger partial charge in [-0.1, -0.05) is 146 Å². The fraction of sp³-hybridized carbons (Fsp3) is 0.0204. The van der Waals surface area contributed by atoms with Crippen molar-refractivity contribution in [3.05, 3.63) is 210 Å². The Morgan fingerprint density at radius 2 is 0.902 bits per heavy atom. The van der Waals surface area contributed by atoms with Crippen molar-refractivity contribution in [2.45, 2.75) is 5.41 Å². The molecule has 11 rings (SSSR count). The molecular weight excluding hydrogens is 619 g/mol. The number of hydrogen-bond acceptors (Lipinski definition) is 2. The summed E-state index contributed by atoms with van der Waals surface area (Å²) in [4.78, 5) is 2.45. The van der Waals surface area contributed by atoms with Crippen molar-refractivity contribution < 1.29 is 4.42 Å². The molecule has 8 aromatic carbocycles. The van der Waals surface area contributed by atoms with Gasteiger partial charge < -0.3 is 9.32 Å². The minimum Gasteiger partial charge on any atom is -0.456 e. The van der Waals surface area contributed by atoms with Crippen LogP contribution in [0.5, 0.6) is 0 Å². The van der Waals surface area contributed by atoms with Gasteiger partial charge >= 0.3 is 0 Å². The maximum absolute atomic E-state index is 6.98. The van der Waals surface area contributed by atoms with Crippen molar-refractivity contribution in [1.29, 1.82) is 0 Å². The maximum Gasteiger partial charge on any atom is 0.137 e. The Morgan fingerprint density at radius 3 is 1.51 bits per heavy atom. The van der Waals surface area contributed by atoms with E-state index in [0.29, 0.717) is 0 Å². The normalized spacial score (nSPS) is 13.3. The number of rotatable bonds is 4. The number of nitrogens with zero attached hydrogens (tertiary/aromatic N) is 1. The Balaban J connectivity index is 1.36. The number of furan rings is 1. The second-order valence-corrected chi connectivity index (χ2v) is 13.6. The van der Waals surface area contributed by atoms with Crippen molar-refractivity contribution in [3.8, 4) is 33.4 Å². The maximum atomic E-state index is 6.98. The van der Waals surface area contributed by atoms with Crippen molar-refractivity contribution in [1.82, 2.24) is 0 Å². The van der Waals surface area contributed by atoms with Gasteiger partial charge in [-0.05, 0) is 92.5 Å².